The zero-order valence-corrected chi connectivity index (χ0v) is 14.4. The monoisotopic (exact) mass is 352 g/mol. The van der Waals surface area contributed by atoms with E-state index in [-0.39, 0.29) is 19.0 Å². The minimum Gasteiger partial charge on any atom is -0.485 e. The third-order valence-electron chi connectivity index (χ3n) is 4.79. The molecule has 4 rings (SSSR count). The molecule has 0 amide bonds. The molecule has 26 heavy (non-hydrogen) atoms. The van der Waals surface area contributed by atoms with Gasteiger partial charge in [-0.05, 0) is 55.0 Å². The largest absolute Gasteiger partial charge is 0.485 e. The van der Waals surface area contributed by atoms with Crippen LogP contribution < -0.4 is 9.47 Å². The van der Waals surface area contributed by atoms with Crippen LogP contribution in [0.1, 0.15) is 34.3 Å². The number of Topliss-reactive ketones (excluding diaryl/α,β-unsaturated/α-hetero) is 1. The number of para-hydroxylation sites is 2. The van der Waals surface area contributed by atoms with E-state index in [9.17, 15) is 9.59 Å². The normalized spacial score (nSPS) is 17.9. The Kier molecular flexibility index (Phi) is 4.61. The molecular formula is C21H20O5. The number of hydrogen-bond donors (Lipinski definition) is 0. The lowest BCUT2D eigenvalue weighted by Gasteiger charge is -2.24. The van der Waals surface area contributed by atoms with Crippen LogP contribution in [0, 0.1) is 0 Å². The lowest BCUT2D eigenvalue weighted by molar-refractivity contribution is -0.153. The van der Waals surface area contributed by atoms with E-state index in [0.717, 1.165) is 19.3 Å². The molecule has 0 saturated heterocycles. The zero-order chi connectivity index (χ0) is 17.9. The maximum Gasteiger partial charge on any atom is 0.351 e. The number of carbonyl (C=O) groups is 2. The van der Waals surface area contributed by atoms with Crippen molar-refractivity contribution >= 4 is 11.8 Å². The number of ketones is 1. The van der Waals surface area contributed by atoms with Crippen LogP contribution in [-0.4, -0.2) is 31.1 Å². The van der Waals surface area contributed by atoms with Crippen LogP contribution in [0.2, 0.25) is 0 Å². The minimum atomic E-state index is -0.860. The van der Waals surface area contributed by atoms with E-state index in [2.05, 4.69) is 0 Å². The number of carbonyl (C=O) groups excluding carboxylic acids is 2. The summed E-state index contributed by atoms with van der Waals surface area (Å²) in [7, 11) is 0. The van der Waals surface area contributed by atoms with Gasteiger partial charge < -0.3 is 14.2 Å². The number of esters is 1. The van der Waals surface area contributed by atoms with Gasteiger partial charge >= 0.3 is 5.97 Å². The zero-order valence-electron chi connectivity index (χ0n) is 14.4. The molecular weight excluding hydrogens is 332 g/mol. The third kappa shape index (κ3) is 3.43. The summed E-state index contributed by atoms with van der Waals surface area (Å²) in [6, 6.07) is 12.9. The molecule has 2 aromatic rings. The SMILES string of the molecule is O=C(COC(=O)[C@H]1COc2ccccc2O1)c1ccc2c(c1)CCCC2. The number of benzene rings is 2. The Hall–Kier alpha value is -2.82. The molecule has 0 spiro atoms. The van der Waals surface area contributed by atoms with Crippen molar-refractivity contribution in [1.29, 1.82) is 0 Å². The first-order valence-electron chi connectivity index (χ1n) is 8.91. The molecule has 0 N–H and O–H groups in total. The van der Waals surface area contributed by atoms with Crippen LogP contribution in [0.15, 0.2) is 42.5 Å². The summed E-state index contributed by atoms with van der Waals surface area (Å²) in [4.78, 5) is 24.6. The van der Waals surface area contributed by atoms with Gasteiger partial charge in [-0.3, -0.25) is 4.79 Å². The van der Waals surface area contributed by atoms with E-state index in [1.807, 2.05) is 24.3 Å². The maximum atomic E-state index is 12.4. The van der Waals surface area contributed by atoms with Crippen molar-refractivity contribution in [2.24, 2.45) is 0 Å². The highest BCUT2D eigenvalue weighted by atomic mass is 16.6. The van der Waals surface area contributed by atoms with Crippen molar-refractivity contribution in [3.8, 4) is 11.5 Å². The molecule has 0 aromatic heterocycles. The van der Waals surface area contributed by atoms with Crippen LogP contribution in [0.25, 0.3) is 0 Å². The highest BCUT2D eigenvalue weighted by molar-refractivity contribution is 5.98. The fourth-order valence-electron chi connectivity index (χ4n) is 3.36. The molecule has 2 aromatic carbocycles. The van der Waals surface area contributed by atoms with Gasteiger partial charge in [0.1, 0.15) is 6.61 Å². The topological polar surface area (TPSA) is 61.8 Å². The molecule has 0 saturated carbocycles. The Morgan fingerprint density at radius 1 is 1.00 bits per heavy atom. The Morgan fingerprint density at radius 2 is 1.77 bits per heavy atom. The molecule has 0 bridgehead atoms. The van der Waals surface area contributed by atoms with Crippen molar-refractivity contribution in [3.63, 3.8) is 0 Å². The second kappa shape index (κ2) is 7.20. The molecule has 0 unspecified atom stereocenters. The molecule has 2 aliphatic rings. The van der Waals surface area contributed by atoms with E-state index in [1.54, 1.807) is 18.2 Å². The minimum absolute atomic E-state index is 0.0723. The Bertz CT molecular complexity index is 842. The standard InChI is InChI=1S/C21H20O5/c22-17(16-10-9-14-5-1-2-6-15(14)11-16)12-25-21(23)20-13-24-18-7-3-4-8-19(18)26-20/h3-4,7-11,20H,1-2,5-6,12-13H2/t20-/m1/s1. The van der Waals surface area contributed by atoms with Gasteiger partial charge in [-0.15, -0.1) is 0 Å². The van der Waals surface area contributed by atoms with Crippen molar-refractivity contribution in [2.45, 2.75) is 31.8 Å². The molecule has 0 fully saturated rings. The van der Waals surface area contributed by atoms with Crippen LogP contribution in [0.5, 0.6) is 11.5 Å². The first-order chi connectivity index (χ1) is 12.7. The van der Waals surface area contributed by atoms with E-state index in [1.165, 1.54) is 17.5 Å². The van der Waals surface area contributed by atoms with Crippen LogP contribution in [-0.2, 0) is 22.4 Å². The summed E-state index contributed by atoms with van der Waals surface area (Å²) in [6.07, 6.45) is 3.56. The first kappa shape index (κ1) is 16.6. The van der Waals surface area contributed by atoms with Gasteiger partial charge in [0.15, 0.2) is 23.9 Å². The maximum absolute atomic E-state index is 12.4. The molecule has 5 nitrogen and oxygen atoms in total. The number of aryl methyl sites for hydroxylation is 2. The summed E-state index contributed by atoms with van der Waals surface area (Å²) >= 11 is 0. The van der Waals surface area contributed by atoms with E-state index < -0.39 is 12.1 Å². The lowest BCUT2D eigenvalue weighted by atomic mass is 9.90. The summed E-state index contributed by atoms with van der Waals surface area (Å²) in [6.45, 7) is -0.220. The van der Waals surface area contributed by atoms with Gasteiger partial charge in [-0.25, -0.2) is 4.79 Å². The summed E-state index contributed by atoms with van der Waals surface area (Å²) in [5.41, 5.74) is 3.13. The van der Waals surface area contributed by atoms with E-state index in [0.29, 0.717) is 17.1 Å². The van der Waals surface area contributed by atoms with Crippen LogP contribution >= 0.6 is 0 Å². The van der Waals surface area contributed by atoms with Crippen LogP contribution in [0.3, 0.4) is 0 Å². The van der Waals surface area contributed by atoms with E-state index in [4.69, 9.17) is 14.2 Å². The molecule has 1 aliphatic carbocycles. The summed E-state index contributed by atoms with van der Waals surface area (Å²) < 4.78 is 16.3. The Labute approximate surface area is 151 Å². The van der Waals surface area contributed by atoms with Crippen molar-refractivity contribution in [2.75, 3.05) is 13.2 Å². The molecule has 5 heteroatoms. The summed E-state index contributed by atoms with van der Waals surface area (Å²) in [5.74, 6) is 0.304. The second-order valence-electron chi connectivity index (χ2n) is 6.59. The van der Waals surface area contributed by atoms with Gasteiger partial charge in [0, 0.05) is 5.56 Å². The Morgan fingerprint density at radius 3 is 2.62 bits per heavy atom. The lowest BCUT2D eigenvalue weighted by Crippen LogP contribution is -2.38. The van der Waals surface area contributed by atoms with Crippen molar-refractivity contribution in [3.05, 3.63) is 59.2 Å². The van der Waals surface area contributed by atoms with Gasteiger partial charge in [0.2, 0.25) is 6.10 Å². The number of ether oxygens (including phenoxy) is 3. The van der Waals surface area contributed by atoms with Gasteiger partial charge in [-0.1, -0.05) is 24.3 Å². The number of rotatable bonds is 4. The number of fused-ring (bicyclic) bond motifs is 2. The van der Waals surface area contributed by atoms with Crippen molar-refractivity contribution in [1.82, 2.24) is 0 Å². The predicted molar refractivity (Wildman–Crippen MR) is 94.7 cm³/mol. The third-order valence-corrected chi connectivity index (χ3v) is 4.79. The average Bonchev–Trinajstić information content (AvgIpc) is 2.71. The average molecular weight is 352 g/mol. The first-order valence-corrected chi connectivity index (χ1v) is 8.91. The predicted octanol–water partition coefficient (Wildman–Crippen LogP) is 3.13. The van der Waals surface area contributed by atoms with Gasteiger partial charge in [0.05, 0.1) is 0 Å². The molecule has 1 atom stereocenters. The number of hydrogen-bond acceptors (Lipinski definition) is 5. The molecule has 1 heterocycles. The van der Waals surface area contributed by atoms with Crippen LogP contribution in [0.4, 0.5) is 0 Å². The molecule has 134 valence electrons. The second-order valence-corrected chi connectivity index (χ2v) is 6.59. The Balaban J connectivity index is 1.35. The van der Waals surface area contributed by atoms with E-state index >= 15 is 0 Å². The van der Waals surface area contributed by atoms with Crippen molar-refractivity contribution < 1.29 is 23.8 Å². The summed E-state index contributed by atoms with van der Waals surface area (Å²) in [5, 5.41) is 0. The highest BCUT2D eigenvalue weighted by Crippen LogP contribution is 2.31. The fourth-order valence-corrected chi connectivity index (χ4v) is 3.36. The fraction of sp³-hybridized carbons (Fsp3) is 0.333. The van der Waals surface area contributed by atoms with Gasteiger partial charge in [0.25, 0.3) is 0 Å². The molecule has 0 radical (unpaired) electrons. The highest BCUT2D eigenvalue weighted by Gasteiger charge is 2.29. The van der Waals surface area contributed by atoms with Gasteiger partial charge in [-0.2, -0.15) is 0 Å². The molecule has 1 aliphatic heterocycles. The smallest absolute Gasteiger partial charge is 0.351 e. The quantitative estimate of drug-likeness (QED) is 0.625.